The summed E-state index contributed by atoms with van der Waals surface area (Å²) >= 11 is 0. The fraction of sp³-hybridized carbons (Fsp3) is 0.292. The largest absolute Gasteiger partial charge is 0.490 e. The van der Waals surface area contributed by atoms with Crippen molar-refractivity contribution >= 4 is 28.3 Å². The normalized spacial score (nSPS) is 16.4. The average molecular weight is 663 g/mol. The molecule has 1 saturated heterocycles. The highest BCUT2D eigenvalue weighted by atomic mass is 19.4. The van der Waals surface area contributed by atoms with Gasteiger partial charge >= 0.3 is 29.9 Å². The SMILES string of the molecule is O=C(O)C(F)(F)F.O=c1[nH]cc(-c2cc(N3C[C@H](Oc4cc5c(cn4)cnn5CC(F)(F)F)C(F)(F)C3)n3nccc3n2)c(=O)[nH]1. The lowest BCUT2D eigenvalue weighted by molar-refractivity contribution is -0.192. The standard InChI is InChI=1S/C22H16F5N9O3.C2HF3O2/c23-21(24)9-34(8-15(21)39-17-4-14-11(5-28-17)6-31-35(14)10-22(25,26)27)18-3-13(32-16-1-2-30-36(16)18)12-7-29-20(38)33-19(12)37;3-2(4,5)1(6)7/h1-7,15H,8-10H2,(H2,29,33,37,38);(H,6,7)/t15-;/m0./s1. The maximum absolute atomic E-state index is 15.1. The van der Waals surface area contributed by atoms with Crippen LogP contribution in [0.1, 0.15) is 0 Å². The summed E-state index contributed by atoms with van der Waals surface area (Å²) in [5.41, 5.74) is -1.05. The van der Waals surface area contributed by atoms with Crippen molar-refractivity contribution < 1.29 is 49.8 Å². The number of alkyl halides is 8. The molecule has 0 aliphatic carbocycles. The van der Waals surface area contributed by atoms with E-state index in [0.717, 1.165) is 12.3 Å². The molecule has 244 valence electrons. The smallest absolute Gasteiger partial charge is 0.475 e. The second kappa shape index (κ2) is 11.4. The topological polar surface area (TPSA) is 176 Å². The molecule has 6 heterocycles. The summed E-state index contributed by atoms with van der Waals surface area (Å²) < 4.78 is 108. The van der Waals surface area contributed by atoms with Crippen LogP contribution in [0.25, 0.3) is 27.8 Å². The number of hydrogen-bond acceptors (Lipinski definition) is 9. The molecule has 5 aromatic rings. The minimum atomic E-state index is -5.08. The first-order valence-corrected chi connectivity index (χ1v) is 12.6. The molecule has 3 N–H and O–H groups in total. The number of halogens is 8. The number of pyridine rings is 1. The molecule has 1 aliphatic rings. The summed E-state index contributed by atoms with van der Waals surface area (Å²) in [6, 6.07) is 4.02. The molecular weight excluding hydrogens is 646 g/mol. The minimum Gasteiger partial charge on any atom is -0.475 e. The Morgan fingerprint density at radius 3 is 2.48 bits per heavy atom. The van der Waals surface area contributed by atoms with E-state index in [9.17, 15) is 35.9 Å². The molecule has 0 spiro atoms. The number of ether oxygens (including phenoxy) is 1. The lowest BCUT2D eigenvalue weighted by Crippen LogP contribution is -2.36. The number of aromatic nitrogens is 8. The molecule has 0 amide bonds. The fourth-order valence-electron chi connectivity index (χ4n) is 4.37. The Bertz CT molecular complexity index is 2030. The molecule has 22 heteroatoms. The van der Waals surface area contributed by atoms with Crippen LogP contribution < -0.4 is 20.9 Å². The molecule has 0 radical (unpaired) electrons. The number of rotatable bonds is 5. The van der Waals surface area contributed by atoms with E-state index in [1.165, 1.54) is 40.1 Å². The second-order valence-electron chi connectivity index (χ2n) is 9.64. The van der Waals surface area contributed by atoms with Crippen molar-refractivity contribution in [3.8, 4) is 17.1 Å². The van der Waals surface area contributed by atoms with Crippen LogP contribution in [-0.4, -0.2) is 87.9 Å². The molecule has 14 nitrogen and oxygen atoms in total. The summed E-state index contributed by atoms with van der Waals surface area (Å²) in [4.78, 5) is 46.6. The van der Waals surface area contributed by atoms with E-state index in [0.29, 0.717) is 4.68 Å². The van der Waals surface area contributed by atoms with E-state index in [2.05, 4.69) is 30.1 Å². The van der Waals surface area contributed by atoms with Gasteiger partial charge in [0.15, 0.2) is 11.8 Å². The third kappa shape index (κ3) is 6.73. The highest BCUT2D eigenvalue weighted by Gasteiger charge is 2.51. The number of fused-ring (bicyclic) bond motifs is 2. The molecule has 5 aromatic heterocycles. The first-order chi connectivity index (χ1) is 21.4. The van der Waals surface area contributed by atoms with E-state index in [1.54, 1.807) is 0 Å². The number of aliphatic carboxylic acids is 1. The van der Waals surface area contributed by atoms with Gasteiger partial charge in [0.1, 0.15) is 12.4 Å². The number of hydrogen-bond donors (Lipinski definition) is 3. The summed E-state index contributed by atoms with van der Waals surface area (Å²) in [6.45, 7) is -2.52. The predicted octanol–water partition coefficient (Wildman–Crippen LogP) is 2.62. The van der Waals surface area contributed by atoms with Gasteiger partial charge in [-0.25, -0.2) is 28.3 Å². The molecule has 1 fully saturated rings. The van der Waals surface area contributed by atoms with Crippen LogP contribution in [0.4, 0.5) is 40.9 Å². The third-order valence-electron chi connectivity index (χ3n) is 6.35. The molecule has 0 unspecified atom stereocenters. The number of anilines is 1. The van der Waals surface area contributed by atoms with Crippen LogP contribution in [0, 0.1) is 0 Å². The van der Waals surface area contributed by atoms with Crippen molar-refractivity contribution in [2.75, 3.05) is 18.0 Å². The lowest BCUT2D eigenvalue weighted by Gasteiger charge is -2.19. The van der Waals surface area contributed by atoms with Crippen LogP contribution in [0.5, 0.6) is 5.88 Å². The fourth-order valence-corrected chi connectivity index (χ4v) is 4.37. The van der Waals surface area contributed by atoms with Crippen LogP contribution in [0.3, 0.4) is 0 Å². The first kappa shape index (κ1) is 31.8. The van der Waals surface area contributed by atoms with Gasteiger partial charge in [-0.3, -0.25) is 14.5 Å². The van der Waals surface area contributed by atoms with Gasteiger partial charge in [-0.2, -0.15) is 41.1 Å². The van der Waals surface area contributed by atoms with Crippen molar-refractivity contribution in [1.82, 2.24) is 39.3 Å². The van der Waals surface area contributed by atoms with Crippen LogP contribution >= 0.6 is 0 Å². The van der Waals surface area contributed by atoms with E-state index in [-0.39, 0.29) is 46.1 Å². The summed E-state index contributed by atoms with van der Waals surface area (Å²) in [5, 5.41) is 15.2. The Kier molecular flexibility index (Phi) is 7.90. The molecule has 0 aromatic carbocycles. The minimum absolute atomic E-state index is 0.00581. The van der Waals surface area contributed by atoms with Gasteiger partial charge < -0.3 is 19.7 Å². The van der Waals surface area contributed by atoms with Crippen molar-refractivity contribution in [1.29, 1.82) is 0 Å². The molecular formula is C24H17F8N9O5. The predicted molar refractivity (Wildman–Crippen MR) is 139 cm³/mol. The molecule has 1 aliphatic heterocycles. The van der Waals surface area contributed by atoms with Gasteiger partial charge in [0.05, 0.1) is 42.3 Å². The Labute approximate surface area is 247 Å². The lowest BCUT2D eigenvalue weighted by atomic mass is 10.2. The molecule has 6 rings (SSSR count). The highest BCUT2D eigenvalue weighted by Crippen LogP contribution is 2.35. The van der Waals surface area contributed by atoms with Crippen molar-refractivity contribution in [3.05, 3.63) is 63.8 Å². The zero-order valence-electron chi connectivity index (χ0n) is 22.5. The maximum Gasteiger partial charge on any atom is 0.490 e. The van der Waals surface area contributed by atoms with Gasteiger partial charge in [0, 0.05) is 36.0 Å². The second-order valence-corrected chi connectivity index (χ2v) is 9.64. The Hall–Kier alpha value is -5.57. The molecule has 1 atom stereocenters. The van der Waals surface area contributed by atoms with Crippen molar-refractivity contribution in [2.24, 2.45) is 0 Å². The Balaban J connectivity index is 0.000000537. The van der Waals surface area contributed by atoms with Gasteiger partial charge in [-0.15, -0.1) is 0 Å². The van der Waals surface area contributed by atoms with Crippen LogP contribution in [0.2, 0.25) is 0 Å². The van der Waals surface area contributed by atoms with Gasteiger partial charge in [0.25, 0.3) is 5.56 Å². The third-order valence-corrected chi connectivity index (χ3v) is 6.35. The van der Waals surface area contributed by atoms with E-state index in [1.807, 2.05) is 0 Å². The van der Waals surface area contributed by atoms with E-state index < -0.39 is 54.7 Å². The Morgan fingerprint density at radius 1 is 1.11 bits per heavy atom. The summed E-state index contributed by atoms with van der Waals surface area (Å²) in [5.74, 6) is -6.28. The van der Waals surface area contributed by atoms with Crippen LogP contribution in [0.15, 0.2) is 52.6 Å². The van der Waals surface area contributed by atoms with E-state index in [4.69, 9.17) is 14.6 Å². The number of aromatic amines is 2. The molecule has 0 bridgehead atoms. The maximum atomic E-state index is 15.1. The average Bonchev–Trinajstić information content (AvgIpc) is 3.64. The quantitative estimate of drug-likeness (QED) is 0.237. The van der Waals surface area contributed by atoms with Crippen molar-refractivity contribution in [2.45, 2.75) is 30.9 Å². The molecule has 46 heavy (non-hydrogen) atoms. The monoisotopic (exact) mass is 663 g/mol. The number of carboxylic acid groups (broad SMARTS) is 1. The molecule has 0 saturated carbocycles. The number of carboxylic acids is 1. The van der Waals surface area contributed by atoms with Crippen LogP contribution in [-0.2, 0) is 11.3 Å². The van der Waals surface area contributed by atoms with Crippen molar-refractivity contribution in [3.63, 3.8) is 0 Å². The summed E-state index contributed by atoms with van der Waals surface area (Å²) in [7, 11) is 0. The Morgan fingerprint density at radius 2 is 1.83 bits per heavy atom. The van der Waals surface area contributed by atoms with Gasteiger partial charge in [-0.1, -0.05) is 0 Å². The number of nitrogens with one attached hydrogen (secondary N) is 2. The zero-order chi connectivity index (χ0) is 33.6. The number of nitrogens with zero attached hydrogens (tertiary/aromatic N) is 7. The number of H-pyrrole nitrogens is 2. The summed E-state index contributed by atoms with van der Waals surface area (Å²) in [6.07, 6.45) is -6.40. The first-order valence-electron chi connectivity index (χ1n) is 12.6. The van der Waals surface area contributed by atoms with E-state index >= 15 is 8.78 Å². The van der Waals surface area contributed by atoms with Gasteiger partial charge in [0.2, 0.25) is 5.88 Å². The highest BCUT2D eigenvalue weighted by molar-refractivity contribution is 5.78. The zero-order valence-corrected chi connectivity index (χ0v) is 22.5. The van der Waals surface area contributed by atoms with Gasteiger partial charge in [-0.05, 0) is 0 Å². The number of carbonyl (C=O) groups is 1.